The fourth-order valence-corrected chi connectivity index (χ4v) is 2.59. The van der Waals surface area contributed by atoms with E-state index in [9.17, 15) is 18.4 Å². The number of likely N-dealkylation sites (tertiary alicyclic amines) is 1. The number of rotatable bonds is 8. The summed E-state index contributed by atoms with van der Waals surface area (Å²) in [5, 5.41) is 0. The number of allylic oxidation sites excluding steroid dienone is 1. The molecular formula is C16H26F2N2O3. The molecule has 5 nitrogen and oxygen atoms in total. The van der Waals surface area contributed by atoms with Gasteiger partial charge < -0.3 is 14.5 Å². The molecule has 0 spiro atoms. The van der Waals surface area contributed by atoms with E-state index in [0.29, 0.717) is 32.5 Å². The van der Waals surface area contributed by atoms with Crippen molar-refractivity contribution < 1.29 is 23.1 Å². The van der Waals surface area contributed by atoms with Gasteiger partial charge in [-0.1, -0.05) is 6.08 Å². The first kappa shape index (κ1) is 19.5. The monoisotopic (exact) mass is 332 g/mol. The molecular weight excluding hydrogens is 306 g/mol. The number of hydrogen-bond acceptors (Lipinski definition) is 4. The summed E-state index contributed by atoms with van der Waals surface area (Å²) in [5.74, 6) is -3.23. The minimum atomic E-state index is -2.59. The molecule has 0 aliphatic carbocycles. The number of alkyl halides is 2. The Bertz CT molecular complexity index is 420. The van der Waals surface area contributed by atoms with E-state index in [1.165, 1.54) is 12.0 Å². The van der Waals surface area contributed by atoms with Crippen LogP contribution in [0.4, 0.5) is 8.78 Å². The Morgan fingerprint density at radius 1 is 1.39 bits per heavy atom. The van der Waals surface area contributed by atoms with Crippen molar-refractivity contribution in [1.29, 1.82) is 0 Å². The SMILES string of the molecule is C=CCCC(=O)N(C)[C@@H](CCN1CCC(F)(F)CC1)C(=O)OC. The van der Waals surface area contributed by atoms with Crippen LogP contribution in [0.15, 0.2) is 12.7 Å². The summed E-state index contributed by atoms with van der Waals surface area (Å²) >= 11 is 0. The quantitative estimate of drug-likeness (QED) is 0.504. The number of methoxy groups -OCH3 is 1. The zero-order valence-electron chi connectivity index (χ0n) is 13.9. The molecule has 1 rings (SSSR count). The van der Waals surface area contributed by atoms with Gasteiger partial charge in [0.25, 0.3) is 5.92 Å². The van der Waals surface area contributed by atoms with Crippen molar-refractivity contribution in [1.82, 2.24) is 9.80 Å². The number of piperidine rings is 1. The molecule has 0 saturated carbocycles. The zero-order chi connectivity index (χ0) is 17.5. The highest BCUT2D eigenvalue weighted by Crippen LogP contribution is 2.27. The largest absolute Gasteiger partial charge is 0.467 e. The van der Waals surface area contributed by atoms with Gasteiger partial charge >= 0.3 is 5.97 Å². The highest BCUT2D eigenvalue weighted by molar-refractivity contribution is 5.84. The molecule has 0 bridgehead atoms. The molecule has 23 heavy (non-hydrogen) atoms. The number of amides is 1. The van der Waals surface area contributed by atoms with E-state index in [0.717, 1.165) is 0 Å². The molecule has 1 atom stereocenters. The van der Waals surface area contributed by atoms with E-state index in [4.69, 9.17) is 4.74 Å². The Hall–Kier alpha value is -1.50. The van der Waals surface area contributed by atoms with Crippen LogP contribution in [-0.2, 0) is 14.3 Å². The molecule has 1 fully saturated rings. The molecule has 0 N–H and O–H groups in total. The third kappa shape index (κ3) is 6.25. The minimum absolute atomic E-state index is 0.162. The van der Waals surface area contributed by atoms with Crippen molar-refractivity contribution >= 4 is 11.9 Å². The predicted octanol–water partition coefficient (Wildman–Crippen LogP) is 2.07. The molecule has 1 heterocycles. The molecule has 0 unspecified atom stereocenters. The van der Waals surface area contributed by atoms with Crippen LogP contribution in [0.5, 0.6) is 0 Å². The third-order valence-electron chi connectivity index (χ3n) is 4.20. The summed E-state index contributed by atoms with van der Waals surface area (Å²) in [6.45, 7) is 4.65. The third-order valence-corrected chi connectivity index (χ3v) is 4.20. The maximum atomic E-state index is 13.2. The average molecular weight is 332 g/mol. The maximum Gasteiger partial charge on any atom is 0.328 e. The topological polar surface area (TPSA) is 49.9 Å². The Labute approximate surface area is 136 Å². The zero-order valence-corrected chi connectivity index (χ0v) is 13.9. The van der Waals surface area contributed by atoms with Crippen molar-refractivity contribution in [2.75, 3.05) is 33.8 Å². The van der Waals surface area contributed by atoms with E-state index in [-0.39, 0.29) is 25.2 Å². The fourth-order valence-electron chi connectivity index (χ4n) is 2.59. The van der Waals surface area contributed by atoms with E-state index >= 15 is 0 Å². The standard InChI is InChI=1S/C16H26F2N2O3/c1-4-5-6-14(21)19(2)13(15(22)23-3)7-10-20-11-8-16(17,18)9-12-20/h4,13H,1,5-12H2,2-3H3/t13-/m0/s1. The fraction of sp³-hybridized carbons (Fsp3) is 0.750. The van der Waals surface area contributed by atoms with Gasteiger partial charge in [-0.05, 0) is 12.8 Å². The van der Waals surface area contributed by atoms with Crippen LogP contribution in [0.2, 0.25) is 0 Å². The van der Waals surface area contributed by atoms with Gasteiger partial charge in [0.15, 0.2) is 0 Å². The second-order valence-corrected chi connectivity index (χ2v) is 5.86. The second-order valence-electron chi connectivity index (χ2n) is 5.86. The lowest BCUT2D eigenvalue weighted by Crippen LogP contribution is -2.46. The Kier molecular flexibility index (Phi) is 7.61. The molecule has 1 aliphatic heterocycles. The van der Waals surface area contributed by atoms with Crippen LogP contribution in [-0.4, -0.2) is 67.4 Å². The first-order valence-electron chi connectivity index (χ1n) is 7.85. The first-order valence-corrected chi connectivity index (χ1v) is 7.85. The van der Waals surface area contributed by atoms with Gasteiger partial charge in [0.1, 0.15) is 6.04 Å². The Balaban J connectivity index is 2.56. The number of likely N-dealkylation sites (N-methyl/N-ethyl adjacent to an activating group) is 1. The summed E-state index contributed by atoms with van der Waals surface area (Å²) in [7, 11) is 2.84. The Morgan fingerprint density at radius 3 is 2.52 bits per heavy atom. The summed E-state index contributed by atoms with van der Waals surface area (Å²) < 4.78 is 31.1. The highest BCUT2D eigenvalue weighted by Gasteiger charge is 2.35. The molecule has 1 aliphatic rings. The van der Waals surface area contributed by atoms with Gasteiger partial charge in [0.2, 0.25) is 5.91 Å². The van der Waals surface area contributed by atoms with Crippen LogP contribution >= 0.6 is 0 Å². The summed E-state index contributed by atoms with van der Waals surface area (Å²) in [5.41, 5.74) is 0. The lowest BCUT2D eigenvalue weighted by molar-refractivity contribution is -0.152. The second kappa shape index (κ2) is 8.96. The van der Waals surface area contributed by atoms with Crippen LogP contribution in [0.1, 0.15) is 32.1 Å². The molecule has 132 valence electrons. The van der Waals surface area contributed by atoms with Gasteiger partial charge in [-0.15, -0.1) is 6.58 Å². The van der Waals surface area contributed by atoms with Gasteiger partial charge in [-0.3, -0.25) is 4.79 Å². The molecule has 0 radical (unpaired) electrons. The smallest absolute Gasteiger partial charge is 0.328 e. The number of halogens is 2. The number of carbonyl (C=O) groups excluding carboxylic acids is 2. The maximum absolute atomic E-state index is 13.2. The van der Waals surface area contributed by atoms with E-state index in [2.05, 4.69) is 6.58 Å². The van der Waals surface area contributed by atoms with Gasteiger partial charge in [0.05, 0.1) is 7.11 Å². The summed E-state index contributed by atoms with van der Waals surface area (Å²) in [6.07, 6.45) is 2.51. The lowest BCUT2D eigenvalue weighted by Gasteiger charge is -2.33. The van der Waals surface area contributed by atoms with Gasteiger partial charge in [-0.2, -0.15) is 0 Å². The normalized spacial score (nSPS) is 19.0. The van der Waals surface area contributed by atoms with Crippen LogP contribution < -0.4 is 0 Å². The van der Waals surface area contributed by atoms with Crippen molar-refractivity contribution in [2.24, 2.45) is 0 Å². The molecule has 0 aromatic carbocycles. The van der Waals surface area contributed by atoms with E-state index in [1.54, 1.807) is 13.1 Å². The number of ether oxygens (including phenoxy) is 1. The minimum Gasteiger partial charge on any atom is -0.467 e. The molecule has 0 aromatic heterocycles. The number of esters is 1. The summed E-state index contributed by atoms with van der Waals surface area (Å²) in [4.78, 5) is 27.3. The van der Waals surface area contributed by atoms with Gasteiger partial charge in [-0.25, -0.2) is 13.6 Å². The van der Waals surface area contributed by atoms with Crippen LogP contribution in [0, 0.1) is 0 Å². The van der Waals surface area contributed by atoms with Crippen LogP contribution in [0.25, 0.3) is 0 Å². The molecule has 0 aromatic rings. The van der Waals surface area contributed by atoms with Gasteiger partial charge in [0, 0.05) is 45.9 Å². The van der Waals surface area contributed by atoms with E-state index in [1.807, 2.05) is 4.90 Å². The number of hydrogen-bond donors (Lipinski definition) is 0. The van der Waals surface area contributed by atoms with Crippen molar-refractivity contribution in [3.05, 3.63) is 12.7 Å². The number of nitrogens with zero attached hydrogens (tertiary/aromatic N) is 2. The molecule has 1 amide bonds. The summed E-state index contributed by atoms with van der Waals surface area (Å²) in [6, 6.07) is -0.695. The molecule has 7 heteroatoms. The average Bonchev–Trinajstić information content (AvgIpc) is 2.53. The van der Waals surface area contributed by atoms with Crippen molar-refractivity contribution in [3.8, 4) is 0 Å². The molecule has 1 saturated heterocycles. The highest BCUT2D eigenvalue weighted by atomic mass is 19.3. The lowest BCUT2D eigenvalue weighted by atomic mass is 10.1. The first-order chi connectivity index (χ1) is 10.8. The van der Waals surface area contributed by atoms with Crippen molar-refractivity contribution in [2.45, 2.75) is 44.1 Å². The Morgan fingerprint density at radius 2 is 2.00 bits per heavy atom. The predicted molar refractivity (Wildman–Crippen MR) is 83.2 cm³/mol. The number of carbonyl (C=O) groups is 2. The van der Waals surface area contributed by atoms with E-state index < -0.39 is 17.9 Å². The van der Waals surface area contributed by atoms with Crippen LogP contribution in [0.3, 0.4) is 0 Å². The van der Waals surface area contributed by atoms with Crippen molar-refractivity contribution in [3.63, 3.8) is 0 Å².